The van der Waals surface area contributed by atoms with E-state index in [1.165, 1.54) is 35.6 Å². The summed E-state index contributed by atoms with van der Waals surface area (Å²) in [6.45, 7) is 1.97. The Morgan fingerprint density at radius 2 is 1.88 bits per heavy atom. The smallest absolute Gasteiger partial charge is 0.271 e. The van der Waals surface area contributed by atoms with Crippen molar-refractivity contribution < 1.29 is 13.9 Å². The molecule has 122 valence electrons. The first-order chi connectivity index (χ1) is 11.6. The molecule has 0 bridgehead atoms. The number of aryl methyl sites for hydroxylation is 1. The lowest BCUT2D eigenvalue weighted by atomic mass is 10.1. The second-order valence-corrected chi connectivity index (χ2v) is 6.08. The van der Waals surface area contributed by atoms with Crippen molar-refractivity contribution in [1.29, 1.82) is 0 Å². The average molecular weight is 342 g/mol. The quantitative estimate of drug-likeness (QED) is 0.750. The van der Waals surface area contributed by atoms with E-state index in [0.29, 0.717) is 16.4 Å². The van der Waals surface area contributed by atoms with Crippen LogP contribution in [0.3, 0.4) is 0 Å². The normalized spacial score (nSPS) is 11.8. The summed E-state index contributed by atoms with van der Waals surface area (Å²) in [5.41, 5.74) is 1.65. The number of carbonyl (C=O) groups excluding carboxylic acids is 1. The van der Waals surface area contributed by atoms with E-state index in [1.807, 2.05) is 19.1 Å². The number of aromatic nitrogens is 1. The number of nitrogens with one attached hydrogen (secondary N) is 1. The Hall–Kier alpha value is -2.73. The minimum atomic E-state index is -0.905. The molecule has 4 nitrogen and oxygen atoms in total. The zero-order valence-electron chi connectivity index (χ0n) is 12.9. The molecule has 0 radical (unpaired) electrons. The van der Waals surface area contributed by atoms with Crippen LogP contribution >= 0.6 is 11.3 Å². The third-order valence-electron chi connectivity index (χ3n) is 3.35. The molecule has 1 aromatic heterocycles. The predicted molar refractivity (Wildman–Crippen MR) is 91.7 cm³/mol. The number of hydrogen-bond acceptors (Lipinski definition) is 4. The highest BCUT2D eigenvalue weighted by Gasteiger charge is 2.23. The summed E-state index contributed by atoms with van der Waals surface area (Å²) in [6.07, 6.45) is 0.700. The number of hydrogen-bond donors (Lipinski definition) is 1. The SMILES string of the molecule is Cc1ccc(OC(C(=O)Nc2nccs2)c2ccc(F)cc2)cc1. The molecule has 0 aliphatic heterocycles. The highest BCUT2D eigenvalue weighted by molar-refractivity contribution is 7.13. The largest absolute Gasteiger partial charge is 0.476 e. The van der Waals surface area contributed by atoms with Crippen LogP contribution in [-0.4, -0.2) is 10.9 Å². The van der Waals surface area contributed by atoms with Gasteiger partial charge in [0.05, 0.1) is 0 Å². The van der Waals surface area contributed by atoms with E-state index in [2.05, 4.69) is 10.3 Å². The van der Waals surface area contributed by atoms with E-state index in [0.717, 1.165) is 5.56 Å². The maximum absolute atomic E-state index is 13.2. The molecule has 3 rings (SSSR count). The average Bonchev–Trinajstić information content (AvgIpc) is 3.08. The van der Waals surface area contributed by atoms with E-state index < -0.39 is 6.10 Å². The molecule has 1 heterocycles. The Balaban J connectivity index is 1.86. The van der Waals surface area contributed by atoms with Gasteiger partial charge in [-0.05, 0) is 31.2 Å². The van der Waals surface area contributed by atoms with Crippen LogP contribution in [0.4, 0.5) is 9.52 Å². The fraction of sp³-hybridized carbons (Fsp3) is 0.111. The summed E-state index contributed by atoms with van der Waals surface area (Å²) in [7, 11) is 0. The standard InChI is InChI=1S/C18H15FN2O2S/c1-12-2-8-15(9-3-12)23-16(13-4-6-14(19)7-5-13)17(22)21-18-20-10-11-24-18/h2-11,16H,1H3,(H,20,21,22). The van der Waals surface area contributed by atoms with Crippen molar-refractivity contribution >= 4 is 22.4 Å². The highest BCUT2D eigenvalue weighted by atomic mass is 32.1. The first-order valence-corrected chi connectivity index (χ1v) is 8.19. The van der Waals surface area contributed by atoms with Crippen molar-refractivity contribution in [2.24, 2.45) is 0 Å². The van der Waals surface area contributed by atoms with Gasteiger partial charge < -0.3 is 4.74 Å². The van der Waals surface area contributed by atoms with Gasteiger partial charge in [0.2, 0.25) is 6.10 Å². The fourth-order valence-electron chi connectivity index (χ4n) is 2.12. The van der Waals surface area contributed by atoms with Crippen molar-refractivity contribution in [3.63, 3.8) is 0 Å². The minimum Gasteiger partial charge on any atom is -0.476 e. The number of anilines is 1. The minimum absolute atomic E-state index is 0.364. The molecule has 0 aliphatic rings. The number of halogens is 1. The molecule has 1 atom stereocenters. The van der Waals surface area contributed by atoms with Crippen LogP contribution in [0.25, 0.3) is 0 Å². The lowest BCUT2D eigenvalue weighted by Gasteiger charge is -2.18. The number of rotatable bonds is 5. The van der Waals surface area contributed by atoms with E-state index in [9.17, 15) is 9.18 Å². The molecule has 1 amide bonds. The molecule has 0 aliphatic carbocycles. The number of benzene rings is 2. The molecule has 2 aromatic carbocycles. The van der Waals surface area contributed by atoms with Crippen LogP contribution in [0.5, 0.6) is 5.75 Å². The molecule has 6 heteroatoms. The molecule has 3 aromatic rings. The number of carbonyl (C=O) groups is 1. The molecule has 1 N–H and O–H groups in total. The lowest BCUT2D eigenvalue weighted by molar-refractivity contribution is -0.123. The van der Waals surface area contributed by atoms with E-state index in [4.69, 9.17) is 4.74 Å². The van der Waals surface area contributed by atoms with E-state index in [1.54, 1.807) is 23.7 Å². The summed E-state index contributed by atoms with van der Waals surface area (Å²) in [6, 6.07) is 13.1. The van der Waals surface area contributed by atoms with Crippen LogP contribution in [0.2, 0.25) is 0 Å². The molecule has 0 saturated heterocycles. The van der Waals surface area contributed by atoms with Crippen LogP contribution in [-0.2, 0) is 4.79 Å². The van der Waals surface area contributed by atoms with Crippen molar-refractivity contribution in [3.05, 3.63) is 77.1 Å². The van der Waals surface area contributed by atoms with Crippen molar-refractivity contribution in [2.75, 3.05) is 5.32 Å². The van der Waals surface area contributed by atoms with Gasteiger partial charge in [0, 0.05) is 17.1 Å². The predicted octanol–water partition coefficient (Wildman–Crippen LogP) is 4.35. The van der Waals surface area contributed by atoms with Gasteiger partial charge in [-0.3, -0.25) is 10.1 Å². The Labute approximate surface area is 142 Å². The van der Waals surface area contributed by atoms with Crippen molar-refractivity contribution in [2.45, 2.75) is 13.0 Å². The Kier molecular flexibility index (Phi) is 4.86. The van der Waals surface area contributed by atoms with Crippen molar-refractivity contribution in [3.8, 4) is 5.75 Å². The summed E-state index contributed by atoms with van der Waals surface area (Å²) < 4.78 is 19.0. The topological polar surface area (TPSA) is 51.2 Å². The summed E-state index contributed by atoms with van der Waals surface area (Å²) in [4.78, 5) is 16.6. The molecule has 0 fully saturated rings. The van der Waals surface area contributed by atoms with Gasteiger partial charge >= 0.3 is 0 Å². The first-order valence-electron chi connectivity index (χ1n) is 7.31. The Morgan fingerprint density at radius 3 is 2.50 bits per heavy atom. The maximum Gasteiger partial charge on any atom is 0.271 e. The van der Waals surface area contributed by atoms with Gasteiger partial charge in [0.15, 0.2) is 5.13 Å². The highest BCUT2D eigenvalue weighted by Crippen LogP contribution is 2.25. The Bertz CT molecular complexity index is 802. The molecule has 24 heavy (non-hydrogen) atoms. The third kappa shape index (κ3) is 3.97. The van der Waals surface area contributed by atoms with E-state index in [-0.39, 0.29) is 11.7 Å². The molecule has 0 spiro atoms. The fourth-order valence-corrected chi connectivity index (χ4v) is 2.65. The number of thiazole rings is 1. The second-order valence-electron chi connectivity index (χ2n) is 5.19. The van der Waals surface area contributed by atoms with Gasteiger partial charge in [-0.1, -0.05) is 29.8 Å². The van der Waals surface area contributed by atoms with E-state index >= 15 is 0 Å². The van der Waals surface area contributed by atoms with Gasteiger partial charge in [0.1, 0.15) is 11.6 Å². The number of amides is 1. The molecular formula is C18H15FN2O2S. The second kappa shape index (κ2) is 7.23. The number of nitrogens with zero attached hydrogens (tertiary/aromatic N) is 1. The zero-order valence-corrected chi connectivity index (χ0v) is 13.7. The lowest BCUT2D eigenvalue weighted by Crippen LogP contribution is -2.25. The summed E-state index contributed by atoms with van der Waals surface area (Å²) >= 11 is 1.32. The molecule has 0 saturated carbocycles. The van der Waals surface area contributed by atoms with Crippen LogP contribution in [0.15, 0.2) is 60.1 Å². The molecule has 1 unspecified atom stereocenters. The Morgan fingerprint density at radius 1 is 1.17 bits per heavy atom. The van der Waals surface area contributed by atoms with Gasteiger partial charge in [0.25, 0.3) is 5.91 Å². The summed E-state index contributed by atoms with van der Waals surface area (Å²) in [5.74, 6) is -0.172. The number of ether oxygens (including phenoxy) is 1. The van der Waals surface area contributed by atoms with Crippen LogP contribution in [0, 0.1) is 12.7 Å². The van der Waals surface area contributed by atoms with Crippen molar-refractivity contribution in [1.82, 2.24) is 4.98 Å². The zero-order chi connectivity index (χ0) is 16.9. The third-order valence-corrected chi connectivity index (χ3v) is 4.04. The molecular weight excluding hydrogens is 327 g/mol. The first kappa shape index (κ1) is 16.1. The van der Waals surface area contributed by atoms with Gasteiger partial charge in [-0.2, -0.15) is 0 Å². The van der Waals surface area contributed by atoms with Gasteiger partial charge in [-0.15, -0.1) is 11.3 Å². The summed E-state index contributed by atoms with van der Waals surface area (Å²) in [5, 5.41) is 4.97. The maximum atomic E-state index is 13.2. The van der Waals surface area contributed by atoms with Crippen LogP contribution < -0.4 is 10.1 Å². The van der Waals surface area contributed by atoms with Crippen LogP contribution in [0.1, 0.15) is 17.2 Å². The van der Waals surface area contributed by atoms with Gasteiger partial charge in [-0.25, -0.2) is 9.37 Å². The monoisotopic (exact) mass is 342 g/mol.